The third kappa shape index (κ3) is 5.32. The number of hydrogen-bond acceptors (Lipinski definition) is 7. The topological polar surface area (TPSA) is 114 Å². The number of halogens is 1. The van der Waals surface area contributed by atoms with Crippen molar-refractivity contribution in [2.75, 3.05) is 23.3 Å². The Hall–Kier alpha value is -4.02. The standard InChI is InChI=1S/C27H24ClN5O4S/c1-2-16-5-10-24-21(13-16)30-26(37-24)19-15-18(7-8-20(19)28)29-27(38)31-25(34)17-6-9-22(23(14-17)33(35)36)32-11-3-4-12-32/h5-10,13-15H,2-4,11-12H2,1H3,(H2,29,31,34,38). The number of benzene rings is 3. The number of rotatable bonds is 6. The molecule has 0 bridgehead atoms. The van der Waals surface area contributed by atoms with Gasteiger partial charge in [0.1, 0.15) is 11.2 Å². The molecule has 3 aromatic carbocycles. The van der Waals surface area contributed by atoms with Gasteiger partial charge in [-0.1, -0.05) is 24.6 Å². The number of amides is 1. The van der Waals surface area contributed by atoms with Gasteiger partial charge in [-0.05, 0) is 79.5 Å². The molecule has 2 heterocycles. The molecule has 1 fully saturated rings. The first-order valence-corrected chi connectivity index (χ1v) is 13.0. The minimum absolute atomic E-state index is 0.0275. The summed E-state index contributed by atoms with van der Waals surface area (Å²) in [6.07, 6.45) is 2.85. The van der Waals surface area contributed by atoms with Gasteiger partial charge in [-0.25, -0.2) is 4.98 Å². The summed E-state index contributed by atoms with van der Waals surface area (Å²) in [6.45, 7) is 3.58. The normalized spacial score (nSPS) is 13.1. The molecule has 1 aliphatic heterocycles. The molecule has 194 valence electrons. The van der Waals surface area contributed by atoms with Gasteiger partial charge in [-0.15, -0.1) is 0 Å². The summed E-state index contributed by atoms with van der Waals surface area (Å²) in [6, 6.07) is 15.4. The molecule has 4 aromatic rings. The molecule has 0 saturated carbocycles. The first-order valence-electron chi connectivity index (χ1n) is 12.2. The number of oxazole rings is 1. The molecule has 1 aliphatic rings. The second-order valence-electron chi connectivity index (χ2n) is 8.93. The van der Waals surface area contributed by atoms with Crippen LogP contribution in [0.4, 0.5) is 17.1 Å². The quantitative estimate of drug-likeness (QED) is 0.162. The molecule has 0 atom stereocenters. The molecule has 38 heavy (non-hydrogen) atoms. The number of hydrogen-bond donors (Lipinski definition) is 2. The molecule has 0 aliphatic carbocycles. The van der Waals surface area contributed by atoms with Crippen LogP contribution in [0, 0.1) is 10.1 Å². The summed E-state index contributed by atoms with van der Waals surface area (Å²) in [7, 11) is 0. The number of carbonyl (C=O) groups excluding carboxylic acids is 1. The molecular weight excluding hydrogens is 526 g/mol. The first kappa shape index (κ1) is 25.6. The number of nitro benzene ring substituents is 1. The number of thiocarbonyl (C=S) groups is 1. The van der Waals surface area contributed by atoms with Gasteiger partial charge in [0.05, 0.1) is 15.5 Å². The summed E-state index contributed by atoms with van der Waals surface area (Å²) in [5.41, 5.74) is 4.21. The Morgan fingerprint density at radius 3 is 2.68 bits per heavy atom. The van der Waals surface area contributed by atoms with E-state index in [0.717, 1.165) is 43.4 Å². The van der Waals surface area contributed by atoms with Gasteiger partial charge in [-0.2, -0.15) is 0 Å². The number of nitrogens with one attached hydrogen (secondary N) is 2. The second kappa shape index (κ2) is 10.8. The Labute approximate surface area is 228 Å². The smallest absolute Gasteiger partial charge is 0.293 e. The van der Waals surface area contributed by atoms with Gasteiger partial charge in [0.2, 0.25) is 5.89 Å². The first-order chi connectivity index (χ1) is 18.3. The molecule has 1 aromatic heterocycles. The van der Waals surface area contributed by atoms with Crippen LogP contribution in [0.1, 0.15) is 35.7 Å². The van der Waals surface area contributed by atoms with Crippen LogP contribution in [-0.2, 0) is 6.42 Å². The lowest BCUT2D eigenvalue weighted by Gasteiger charge is -2.18. The summed E-state index contributed by atoms with van der Waals surface area (Å²) >= 11 is 11.8. The Morgan fingerprint density at radius 1 is 1.16 bits per heavy atom. The third-order valence-corrected chi connectivity index (χ3v) is 6.96. The van der Waals surface area contributed by atoms with Crippen LogP contribution in [-0.4, -0.2) is 34.0 Å². The van der Waals surface area contributed by atoms with Gasteiger partial charge < -0.3 is 14.6 Å². The predicted molar refractivity (Wildman–Crippen MR) is 152 cm³/mol. The van der Waals surface area contributed by atoms with Crippen molar-refractivity contribution in [2.45, 2.75) is 26.2 Å². The highest BCUT2D eigenvalue weighted by Crippen LogP contribution is 2.33. The van der Waals surface area contributed by atoms with Crippen LogP contribution in [0.25, 0.3) is 22.6 Å². The van der Waals surface area contributed by atoms with E-state index in [9.17, 15) is 14.9 Å². The lowest BCUT2D eigenvalue weighted by Crippen LogP contribution is -2.34. The lowest BCUT2D eigenvalue weighted by molar-refractivity contribution is -0.384. The van der Waals surface area contributed by atoms with Crippen molar-refractivity contribution in [3.8, 4) is 11.5 Å². The largest absolute Gasteiger partial charge is 0.436 e. The number of nitrogens with zero attached hydrogens (tertiary/aromatic N) is 3. The van der Waals surface area contributed by atoms with E-state index in [1.54, 1.807) is 30.3 Å². The number of carbonyl (C=O) groups is 1. The van der Waals surface area contributed by atoms with Crippen LogP contribution in [0.5, 0.6) is 0 Å². The highest BCUT2D eigenvalue weighted by molar-refractivity contribution is 7.80. The van der Waals surface area contributed by atoms with E-state index in [1.807, 2.05) is 23.1 Å². The van der Waals surface area contributed by atoms with Crippen molar-refractivity contribution < 1.29 is 14.1 Å². The van der Waals surface area contributed by atoms with Gasteiger partial charge in [0.15, 0.2) is 10.7 Å². The van der Waals surface area contributed by atoms with E-state index in [-0.39, 0.29) is 16.4 Å². The van der Waals surface area contributed by atoms with Crippen LogP contribution in [0.3, 0.4) is 0 Å². The van der Waals surface area contributed by atoms with Crippen molar-refractivity contribution in [3.63, 3.8) is 0 Å². The molecule has 9 nitrogen and oxygen atoms in total. The number of fused-ring (bicyclic) bond motifs is 1. The van der Waals surface area contributed by atoms with E-state index in [1.165, 1.54) is 6.07 Å². The van der Waals surface area contributed by atoms with Crippen molar-refractivity contribution in [1.29, 1.82) is 0 Å². The predicted octanol–water partition coefficient (Wildman–Crippen LogP) is 6.35. The Kier molecular flexibility index (Phi) is 7.26. The molecule has 0 unspecified atom stereocenters. The van der Waals surface area contributed by atoms with Crippen LogP contribution < -0.4 is 15.5 Å². The monoisotopic (exact) mass is 549 g/mol. The van der Waals surface area contributed by atoms with Gasteiger partial charge >= 0.3 is 0 Å². The highest BCUT2D eigenvalue weighted by Gasteiger charge is 2.24. The van der Waals surface area contributed by atoms with E-state index < -0.39 is 10.8 Å². The van der Waals surface area contributed by atoms with Crippen LogP contribution >= 0.6 is 23.8 Å². The molecule has 1 saturated heterocycles. The Morgan fingerprint density at radius 2 is 1.95 bits per heavy atom. The van der Waals surface area contributed by atoms with E-state index in [0.29, 0.717) is 33.4 Å². The van der Waals surface area contributed by atoms with Crippen molar-refractivity contribution in [1.82, 2.24) is 10.3 Å². The maximum atomic E-state index is 12.8. The second-order valence-corrected chi connectivity index (χ2v) is 9.75. The molecule has 2 N–H and O–H groups in total. The average Bonchev–Trinajstić information content (AvgIpc) is 3.59. The van der Waals surface area contributed by atoms with Crippen LogP contribution in [0.2, 0.25) is 5.02 Å². The number of anilines is 2. The minimum atomic E-state index is -0.557. The maximum absolute atomic E-state index is 12.8. The molecule has 0 radical (unpaired) electrons. The fourth-order valence-corrected chi connectivity index (χ4v) is 4.86. The average molecular weight is 550 g/mol. The number of nitro groups is 1. The molecule has 1 amide bonds. The van der Waals surface area contributed by atoms with Crippen molar-refractivity contribution >= 4 is 63.0 Å². The summed E-state index contributed by atoms with van der Waals surface area (Å²) in [5.74, 6) is -0.194. The summed E-state index contributed by atoms with van der Waals surface area (Å²) < 4.78 is 5.91. The molecule has 11 heteroatoms. The molecular formula is C27H24ClN5O4S. The number of aryl methyl sites for hydroxylation is 1. The molecule has 5 rings (SSSR count). The van der Waals surface area contributed by atoms with Gasteiger partial charge in [-0.3, -0.25) is 20.2 Å². The van der Waals surface area contributed by atoms with Gasteiger partial charge in [0, 0.05) is 30.4 Å². The lowest BCUT2D eigenvalue weighted by atomic mass is 10.1. The van der Waals surface area contributed by atoms with Crippen molar-refractivity contribution in [2.24, 2.45) is 0 Å². The zero-order valence-corrected chi connectivity index (χ0v) is 22.1. The fourth-order valence-electron chi connectivity index (χ4n) is 4.45. The summed E-state index contributed by atoms with van der Waals surface area (Å²) in [4.78, 5) is 30.6. The Bertz CT molecular complexity index is 1560. The van der Waals surface area contributed by atoms with E-state index in [2.05, 4.69) is 22.5 Å². The maximum Gasteiger partial charge on any atom is 0.293 e. The highest BCUT2D eigenvalue weighted by atomic mass is 35.5. The summed E-state index contributed by atoms with van der Waals surface area (Å²) in [5, 5.41) is 17.7. The van der Waals surface area contributed by atoms with Crippen molar-refractivity contribution in [3.05, 3.63) is 80.9 Å². The van der Waals surface area contributed by atoms with E-state index >= 15 is 0 Å². The third-order valence-electron chi connectivity index (χ3n) is 6.42. The molecule has 0 spiro atoms. The Balaban J connectivity index is 1.31. The van der Waals surface area contributed by atoms with E-state index in [4.69, 9.17) is 28.2 Å². The number of aromatic nitrogens is 1. The van der Waals surface area contributed by atoms with Crippen LogP contribution in [0.15, 0.2) is 59.0 Å². The fraction of sp³-hybridized carbons (Fsp3) is 0.222. The SMILES string of the molecule is CCc1ccc2oc(-c3cc(NC(=S)NC(=O)c4ccc(N5CCCC5)c([N+](=O)[O-])c4)ccc3Cl)nc2c1. The van der Waals surface area contributed by atoms with Gasteiger partial charge in [0.25, 0.3) is 11.6 Å². The zero-order valence-electron chi connectivity index (χ0n) is 20.5. The zero-order chi connectivity index (χ0) is 26.8. The minimum Gasteiger partial charge on any atom is -0.436 e.